The summed E-state index contributed by atoms with van der Waals surface area (Å²) in [5.74, 6) is 1.49. The Kier molecular flexibility index (Phi) is 4.57. The number of hydrogen-bond donors (Lipinski definition) is 1. The van der Waals surface area contributed by atoms with Gasteiger partial charge in [-0.15, -0.1) is 0 Å². The van der Waals surface area contributed by atoms with Crippen LogP contribution in [-0.2, 0) is 6.54 Å². The number of benzene rings is 1. The maximum Gasteiger partial charge on any atom is 0.242 e. The van der Waals surface area contributed by atoms with Crippen LogP contribution < -0.4 is 10.5 Å². The first-order valence-corrected chi connectivity index (χ1v) is 6.88. The Morgan fingerprint density at radius 1 is 1.25 bits per heavy atom. The molecule has 1 aromatic carbocycles. The van der Waals surface area contributed by atoms with Gasteiger partial charge in [0.15, 0.2) is 0 Å². The van der Waals surface area contributed by atoms with Crippen molar-refractivity contribution in [1.82, 2.24) is 9.97 Å². The third-order valence-corrected chi connectivity index (χ3v) is 3.38. The van der Waals surface area contributed by atoms with E-state index in [1.165, 1.54) is 0 Å². The molecule has 0 aliphatic carbocycles. The quantitative estimate of drug-likeness (QED) is 0.930. The fourth-order valence-electron chi connectivity index (χ4n) is 1.90. The molecule has 106 valence electrons. The zero-order valence-corrected chi connectivity index (χ0v) is 12.6. The van der Waals surface area contributed by atoms with Crippen LogP contribution in [0.4, 0.5) is 0 Å². The summed E-state index contributed by atoms with van der Waals surface area (Å²) in [6.45, 7) is 6.42. The van der Waals surface area contributed by atoms with Crippen molar-refractivity contribution in [2.45, 2.75) is 33.2 Å². The molecule has 0 amide bonds. The van der Waals surface area contributed by atoms with Crippen LogP contribution in [0.25, 0.3) is 0 Å². The van der Waals surface area contributed by atoms with E-state index >= 15 is 0 Å². The molecule has 0 atom stereocenters. The number of aryl methyl sites for hydroxylation is 1. The Morgan fingerprint density at radius 3 is 2.60 bits per heavy atom. The van der Waals surface area contributed by atoms with Gasteiger partial charge in [0.2, 0.25) is 5.88 Å². The Balaban J connectivity index is 2.40. The molecule has 0 aliphatic rings. The lowest BCUT2D eigenvalue weighted by molar-refractivity contribution is 0.448. The van der Waals surface area contributed by atoms with Crippen LogP contribution >= 0.6 is 11.6 Å². The Morgan fingerprint density at radius 2 is 1.95 bits per heavy atom. The van der Waals surface area contributed by atoms with Crippen LogP contribution in [0.5, 0.6) is 11.6 Å². The van der Waals surface area contributed by atoms with Gasteiger partial charge in [0.25, 0.3) is 0 Å². The molecule has 2 rings (SSSR count). The Labute approximate surface area is 124 Å². The molecule has 0 saturated heterocycles. The minimum atomic E-state index is 0.285. The summed E-state index contributed by atoms with van der Waals surface area (Å²) >= 11 is 6.25. The smallest absolute Gasteiger partial charge is 0.242 e. The molecule has 4 nitrogen and oxygen atoms in total. The van der Waals surface area contributed by atoms with E-state index < -0.39 is 0 Å². The van der Waals surface area contributed by atoms with Crippen LogP contribution in [0.15, 0.2) is 24.5 Å². The van der Waals surface area contributed by atoms with Gasteiger partial charge in [-0.3, -0.25) is 4.98 Å². The lowest BCUT2D eigenvalue weighted by Gasteiger charge is -2.14. The first kappa shape index (κ1) is 14.8. The fourth-order valence-corrected chi connectivity index (χ4v) is 2.34. The van der Waals surface area contributed by atoms with E-state index in [2.05, 4.69) is 23.8 Å². The van der Waals surface area contributed by atoms with E-state index in [0.717, 1.165) is 21.9 Å². The van der Waals surface area contributed by atoms with Gasteiger partial charge in [-0.2, -0.15) is 0 Å². The van der Waals surface area contributed by atoms with E-state index in [1.807, 2.05) is 19.1 Å². The summed E-state index contributed by atoms with van der Waals surface area (Å²) in [4.78, 5) is 8.34. The van der Waals surface area contributed by atoms with Gasteiger partial charge >= 0.3 is 0 Å². The molecule has 1 aromatic heterocycles. The SMILES string of the molecule is Cc1cc(Cl)c(C(C)C)cc1Oc1nccnc1CN. The molecular formula is C15H18ClN3O. The molecule has 20 heavy (non-hydrogen) atoms. The standard InChI is InChI=1S/C15H18ClN3O/c1-9(2)11-7-14(10(3)6-12(11)16)20-15-13(8-17)18-4-5-19-15/h4-7,9H,8,17H2,1-3H3. The second-order valence-corrected chi connectivity index (χ2v) is 5.32. The second-order valence-electron chi connectivity index (χ2n) is 4.91. The van der Waals surface area contributed by atoms with E-state index in [1.54, 1.807) is 12.4 Å². The van der Waals surface area contributed by atoms with Gasteiger partial charge in [-0.1, -0.05) is 25.4 Å². The van der Waals surface area contributed by atoms with Gasteiger partial charge in [-0.25, -0.2) is 4.98 Å². The maximum absolute atomic E-state index is 6.25. The number of nitrogens with two attached hydrogens (primary N) is 1. The number of ether oxygens (including phenoxy) is 1. The predicted molar refractivity (Wildman–Crippen MR) is 80.3 cm³/mol. The Hall–Kier alpha value is -1.65. The van der Waals surface area contributed by atoms with Crippen molar-refractivity contribution in [3.63, 3.8) is 0 Å². The average molecular weight is 292 g/mol. The van der Waals surface area contributed by atoms with Gasteiger partial charge in [0.05, 0.1) is 0 Å². The highest BCUT2D eigenvalue weighted by Gasteiger charge is 2.13. The summed E-state index contributed by atoms with van der Waals surface area (Å²) in [5, 5.41) is 0.753. The first-order chi connectivity index (χ1) is 9.52. The van der Waals surface area contributed by atoms with Gasteiger partial charge in [0.1, 0.15) is 11.4 Å². The van der Waals surface area contributed by atoms with Crippen molar-refractivity contribution in [3.8, 4) is 11.6 Å². The molecule has 0 fully saturated rings. The maximum atomic E-state index is 6.25. The molecule has 0 bridgehead atoms. The first-order valence-electron chi connectivity index (χ1n) is 6.50. The van der Waals surface area contributed by atoms with E-state index in [-0.39, 0.29) is 6.54 Å². The summed E-state index contributed by atoms with van der Waals surface area (Å²) < 4.78 is 5.86. The third kappa shape index (κ3) is 3.08. The Bertz CT molecular complexity index is 614. The highest BCUT2D eigenvalue weighted by atomic mass is 35.5. The minimum absolute atomic E-state index is 0.285. The number of nitrogens with zero attached hydrogens (tertiary/aromatic N) is 2. The zero-order chi connectivity index (χ0) is 14.7. The fraction of sp³-hybridized carbons (Fsp3) is 0.333. The largest absolute Gasteiger partial charge is 0.437 e. The lowest BCUT2D eigenvalue weighted by atomic mass is 10.0. The molecular weight excluding hydrogens is 274 g/mol. The molecule has 5 heteroatoms. The van der Waals surface area contributed by atoms with E-state index in [4.69, 9.17) is 22.1 Å². The van der Waals surface area contributed by atoms with Crippen molar-refractivity contribution in [1.29, 1.82) is 0 Å². The molecule has 1 heterocycles. The van der Waals surface area contributed by atoms with Crippen LogP contribution in [0.1, 0.15) is 36.6 Å². The topological polar surface area (TPSA) is 61.0 Å². The molecule has 0 unspecified atom stereocenters. The number of aromatic nitrogens is 2. The van der Waals surface area contributed by atoms with Crippen LogP contribution in [0, 0.1) is 6.92 Å². The van der Waals surface area contributed by atoms with Crippen molar-refractivity contribution in [2.24, 2.45) is 5.73 Å². The minimum Gasteiger partial charge on any atom is -0.437 e. The lowest BCUT2D eigenvalue weighted by Crippen LogP contribution is -2.04. The van der Waals surface area contributed by atoms with E-state index in [0.29, 0.717) is 17.5 Å². The van der Waals surface area contributed by atoms with Crippen molar-refractivity contribution in [3.05, 3.63) is 46.4 Å². The molecule has 0 aliphatic heterocycles. The van der Waals surface area contributed by atoms with Gasteiger partial charge in [-0.05, 0) is 36.1 Å². The summed E-state index contributed by atoms with van der Waals surface area (Å²) in [5.41, 5.74) is 8.27. The second kappa shape index (κ2) is 6.20. The van der Waals surface area contributed by atoms with Crippen molar-refractivity contribution in [2.75, 3.05) is 0 Å². The zero-order valence-electron chi connectivity index (χ0n) is 11.9. The molecule has 0 spiro atoms. The van der Waals surface area contributed by atoms with Crippen molar-refractivity contribution < 1.29 is 4.74 Å². The van der Waals surface area contributed by atoms with Gasteiger partial charge in [0, 0.05) is 24.0 Å². The molecule has 2 aromatic rings. The number of halogens is 1. The number of hydrogen-bond acceptors (Lipinski definition) is 4. The van der Waals surface area contributed by atoms with Gasteiger partial charge < -0.3 is 10.5 Å². The predicted octanol–water partition coefficient (Wildman–Crippen LogP) is 3.81. The summed E-state index contributed by atoms with van der Waals surface area (Å²) in [7, 11) is 0. The average Bonchev–Trinajstić information content (AvgIpc) is 2.42. The molecule has 0 saturated carbocycles. The third-order valence-electron chi connectivity index (χ3n) is 3.05. The van der Waals surface area contributed by atoms with E-state index in [9.17, 15) is 0 Å². The normalized spacial score (nSPS) is 10.9. The van der Waals surface area contributed by atoms with Crippen LogP contribution in [0.3, 0.4) is 0 Å². The van der Waals surface area contributed by atoms with Crippen LogP contribution in [0.2, 0.25) is 5.02 Å². The highest BCUT2D eigenvalue weighted by Crippen LogP contribution is 2.33. The molecule has 2 N–H and O–H groups in total. The number of rotatable bonds is 4. The summed E-state index contributed by atoms with van der Waals surface area (Å²) in [6, 6.07) is 3.86. The molecule has 0 radical (unpaired) electrons. The van der Waals surface area contributed by atoms with Crippen molar-refractivity contribution >= 4 is 11.6 Å². The summed E-state index contributed by atoms with van der Waals surface area (Å²) in [6.07, 6.45) is 3.19. The monoisotopic (exact) mass is 291 g/mol. The van der Waals surface area contributed by atoms with Crippen LogP contribution in [-0.4, -0.2) is 9.97 Å². The highest BCUT2D eigenvalue weighted by molar-refractivity contribution is 6.31.